The maximum atomic E-state index is 12.4. The Morgan fingerprint density at radius 2 is 1.79 bits per heavy atom. The van der Waals surface area contributed by atoms with Gasteiger partial charge < -0.3 is 5.32 Å². The van der Waals surface area contributed by atoms with Crippen LogP contribution in [0.1, 0.15) is 64.4 Å². The molecule has 1 saturated carbocycles. The molecule has 0 saturated heterocycles. The number of nitrogens with zero attached hydrogens (tertiary/aromatic N) is 4. The SMILES string of the molecule is CC(C)c1ccc(-n2nnnc2S[C@@H](C)C(=O)NC(=O)NC2CCCCC2)cc1. The van der Waals surface area contributed by atoms with Crippen molar-refractivity contribution in [3.05, 3.63) is 29.8 Å². The van der Waals surface area contributed by atoms with Crippen LogP contribution in [0, 0.1) is 0 Å². The van der Waals surface area contributed by atoms with E-state index in [-0.39, 0.29) is 11.9 Å². The summed E-state index contributed by atoms with van der Waals surface area (Å²) in [5.41, 5.74) is 2.05. The topological polar surface area (TPSA) is 102 Å². The van der Waals surface area contributed by atoms with Gasteiger partial charge in [0.25, 0.3) is 0 Å². The molecule has 3 amide bonds. The molecule has 3 rings (SSSR count). The number of amides is 3. The summed E-state index contributed by atoms with van der Waals surface area (Å²) < 4.78 is 1.60. The molecule has 1 aliphatic rings. The molecular weight excluding hydrogens is 388 g/mol. The van der Waals surface area contributed by atoms with Crippen LogP contribution in [0.2, 0.25) is 0 Å². The molecule has 2 aromatic rings. The Morgan fingerprint density at radius 3 is 2.45 bits per heavy atom. The Labute approximate surface area is 175 Å². The number of carbonyl (C=O) groups excluding carboxylic acids is 2. The molecule has 29 heavy (non-hydrogen) atoms. The van der Waals surface area contributed by atoms with Crippen LogP contribution in [0.3, 0.4) is 0 Å². The van der Waals surface area contributed by atoms with Gasteiger partial charge in [0.1, 0.15) is 0 Å². The van der Waals surface area contributed by atoms with E-state index < -0.39 is 11.3 Å². The van der Waals surface area contributed by atoms with Crippen molar-refractivity contribution in [1.29, 1.82) is 0 Å². The van der Waals surface area contributed by atoms with Crippen molar-refractivity contribution in [2.24, 2.45) is 0 Å². The Hall–Kier alpha value is -2.42. The van der Waals surface area contributed by atoms with E-state index in [1.165, 1.54) is 23.7 Å². The van der Waals surface area contributed by atoms with Crippen LogP contribution in [0.4, 0.5) is 4.79 Å². The molecule has 1 atom stereocenters. The van der Waals surface area contributed by atoms with Crippen LogP contribution in [-0.4, -0.2) is 43.4 Å². The summed E-state index contributed by atoms with van der Waals surface area (Å²) in [4.78, 5) is 24.5. The number of benzene rings is 1. The summed E-state index contributed by atoms with van der Waals surface area (Å²) >= 11 is 1.21. The monoisotopic (exact) mass is 416 g/mol. The van der Waals surface area contributed by atoms with E-state index in [2.05, 4.69) is 40.0 Å². The fourth-order valence-corrected chi connectivity index (χ4v) is 4.12. The lowest BCUT2D eigenvalue weighted by Gasteiger charge is -2.23. The summed E-state index contributed by atoms with van der Waals surface area (Å²) in [7, 11) is 0. The van der Waals surface area contributed by atoms with Gasteiger partial charge in [0.15, 0.2) is 0 Å². The molecule has 9 heteroatoms. The number of tetrazole rings is 1. The molecule has 0 aliphatic heterocycles. The Kier molecular flexibility index (Phi) is 7.24. The summed E-state index contributed by atoms with van der Waals surface area (Å²) in [6.45, 7) is 6.00. The zero-order valence-corrected chi connectivity index (χ0v) is 17.9. The van der Waals surface area contributed by atoms with Crippen LogP contribution >= 0.6 is 11.8 Å². The minimum Gasteiger partial charge on any atom is -0.335 e. The molecule has 1 heterocycles. The first-order valence-electron chi connectivity index (χ1n) is 10.1. The maximum Gasteiger partial charge on any atom is 0.321 e. The molecule has 1 fully saturated rings. The van der Waals surface area contributed by atoms with Crippen LogP contribution in [0.5, 0.6) is 0 Å². The Balaban J connectivity index is 1.57. The highest BCUT2D eigenvalue weighted by atomic mass is 32.2. The van der Waals surface area contributed by atoms with E-state index in [4.69, 9.17) is 0 Å². The molecule has 1 aliphatic carbocycles. The largest absolute Gasteiger partial charge is 0.335 e. The third-order valence-corrected chi connectivity index (χ3v) is 6.11. The first-order valence-corrected chi connectivity index (χ1v) is 11.0. The minimum atomic E-state index is -0.521. The Bertz CT molecular complexity index is 830. The molecule has 0 spiro atoms. The van der Waals surface area contributed by atoms with E-state index in [0.29, 0.717) is 11.1 Å². The van der Waals surface area contributed by atoms with Gasteiger partial charge in [-0.25, -0.2) is 4.79 Å². The predicted molar refractivity (Wildman–Crippen MR) is 112 cm³/mol. The van der Waals surface area contributed by atoms with Crippen LogP contribution < -0.4 is 10.6 Å². The molecule has 1 aromatic carbocycles. The van der Waals surface area contributed by atoms with E-state index in [0.717, 1.165) is 31.4 Å². The number of nitrogens with one attached hydrogen (secondary N) is 2. The van der Waals surface area contributed by atoms with E-state index in [1.54, 1.807) is 11.6 Å². The van der Waals surface area contributed by atoms with Crippen molar-refractivity contribution in [2.45, 2.75) is 75.2 Å². The van der Waals surface area contributed by atoms with Gasteiger partial charge in [-0.05, 0) is 53.8 Å². The lowest BCUT2D eigenvalue weighted by molar-refractivity contribution is -0.119. The average molecular weight is 417 g/mol. The highest BCUT2D eigenvalue weighted by molar-refractivity contribution is 8.00. The maximum absolute atomic E-state index is 12.4. The molecular formula is C20H28N6O2S. The van der Waals surface area contributed by atoms with Gasteiger partial charge in [0.05, 0.1) is 10.9 Å². The molecule has 0 radical (unpaired) electrons. The number of carbonyl (C=O) groups is 2. The third-order valence-electron chi connectivity index (χ3n) is 5.07. The van der Waals surface area contributed by atoms with Crippen LogP contribution in [0.15, 0.2) is 29.4 Å². The fraction of sp³-hybridized carbons (Fsp3) is 0.550. The van der Waals surface area contributed by atoms with E-state index in [1.807, 2.05) is 24.3 Å². The fourth-order valence-electron chi connectivity index (χ4n) is 3.31. The van der Waals surface area contributed by atoms with Gasteiger partial charge >= 0.3 is 6.03 Å². The zero-order chi connectivity index (χ0) is 20.8. The average Bonchev–Trinajstić information content (AvgIpc) is 3.16. The number of thioether (sulfide) groups is 1. The lowest BCUT2D eigenvalue weighted by Crippen LogP contribution is -2.47. The van der Waals surface area contributed by atoms with Crippen molar-refractivity contribution < 1.29 is 9.59 Å². The third kappa shape index (κ3) is 5.79. The summed E-state index contributed by atoms with van der Waals surface area (Å²) in [5.74, 6) is 0.0725. The van der Waals surface area contributed by atoms with Gasteiger partial charge in [-0.15, -0.1) is 5.10 Å². The second-order valence-electron chi connectivity index (χ2n) is 7.68. The van der Waals surface area contributed by atoms with Crippen molar-refractivity contribution >= 4 is 23.7 Å². The summed E-state index contributed by atoms with van der Waals surface area (Å²) in [6.07, 6.45) is 5.38. The van der Waals surface area contributed by atoms with Crippen molar-refractivity contribution in [3.8, 4) is 5.69 Å². The van der Waals surface area contributed by atoms with Gasteiger partial charge in [0.2, 0.25) is 11.1 Å². The number of rotatable bonds is 6. The molecule has 2 N–H and O–H groups in total. The van der Waals surface area contributed by atoms with Crippen LogP contribution in [0.25, 0.3) is 5.69 Å². The normalized spacial score (nSPS) is 15.9. The first kappa shape index (κ1) is 21.3. The number of hydrogen-bond acceptors (Lipinski definition) is 6. The number of imide groups is 1. The molecule has 8 nitrogen and oxygen atoms in total. The molecule has 0 bridgehead atoms. The standard InChI is InChI=1S/C20H28N6O2S/c1-13(2)15-9-11-17(12-10-15)26-20(23-24-25-26)29-14(3)18(27)22-19(28)21-16-7-5-4-6-8-16/h9-14,16H,4-8H2,1-3H3,(H2,21,22,27,28)/t14-/m0/s1. The van der Waals surface area contributed by atoms with E-state index in [9.17, 15) is 9.59 Å². The molecule has 156 valence electrons. The van der Waals surface area contributed by atoms with Crippen molar-refractivity contribution in [1.82, 2.24) is 30.8 Å². The van der Waals surface area contributed by atoms with Gasteiger partial charge in [-0.2, -0.15) is 4.68 Å². The zero-order valence-electron chi connectivity index (χ0n) is 17.1. The second kappa shape index (κ2) is 9.87. The highest BCUT2D eigenvalue weighted by Crippen LogP contribution is 2.24. The van der Waals surface area contributed by atoms with Crippen LogP contribution in [-0.2, 0) is 4.79 Å². The Morgan fingerprint density at radius 1 is 1.10 bits per heavy atom. The number of hydrogen-bond donors (Lipinski definition) is 2. The number of urea groups is 1. The van der Waals surface area contributed by atoms with Crippen molar-refractivity contribution in [2.75, 3.05) is 0 Å². The van der Waals surface area contributed by atoms with Gasteiger partial charge in [-0.1, -0.05) is 57.0 Å². The first-order chi connectivity index (χ1) is 13.9. The quantitative estimate of drug-likeness (QED) is 0.700. The van der Waals surface area contributed by atoms with E-state index >= 15 is 0 Å². The molecule has 1 aromatic heterocycles. The summed E-state index contributed by atoms with van der Waals surface area (Å²) in [6, 6.07) is 7.72. The molecule has 0 unspecified atom stereocenters. The predicted octanol–water partition coefficient (Wildman–Crippen LogP) is 3.42. The summed E-state index contributed by atoms with van der Waals surface area (Å²) in [5, 5.41) is 17.1. The van der Waals surface area contributed by atoms with Gasteiger partial charge in [0, 0.05) is 6.04 Å². The van der Waals surface area contributed by atoms with Gasteiger partial charge in [-0.3, -0.25) is 10.1 Å². The highest BCUT2D eigenvalue weighted by Gasteiger charge is 2.22. The van der Waals surface area contributed by atoms with Crippen molar-refractivity contribution in [3.63, 3.8) is 0 Å². The lowest BCUT2D eigenvalue weighted by atomic mass is 9.96. The second-order valence-corrected chi connectivity index (χ2v) is 8.99. The number of aromatic nitrogens is 4. The smallest absolute Gasteiger partial charge is 0.321 e. The minimum absolute atomic E-state index is 0.153.